The van der Waals surface area contributed by atoms with E-state index in [1.54, 1.807) is 0 Å². The van der Waals surface area contributed by atoms with Gasteiger partial charge in [0.25, 0.3) is 5.91 Å². The molecular formula is C7H9N3O. The normalized spacial score (nSPS) is 21.6. The van der Waals surface area contributed by atoms with E-state index >= 15 is 0 Å². The summed E-state index contributed by atoms with van der Waals surface area (Å²) in [5.74, 6) is -0.0150. The second-order valence-electron chi connectivity index (χ2n) is 2.80. The zero-order valence-corrected chi connectivity index (χ0v) is 6.43. The quantitative estimate of drug-likeness (QED) is 0.568. The Balaban J connectivity index is 2.63. The van der Waals surface area contributed by atoms with Crippen molar-refractivity contribution in [2.24, 2.45) is 0 Å². The summed E-state index contributed by atoms with van der Waals surface area (Å²) < 4.78 is 0. The number of rotatable bonds is 0. The Morgan fingerprint density at radius 2 is 2.27 bits per heavy atom. The van der Waals surface area contributed by atoms with Gasteiger partial charge in [0.1, 0.15) is 0 Å². The van der Waals surface area contributed by atoms with Gasteiger partial charge in [0.15, 0.2) is 0 Å². The van der Waals surface area contributed by atoms with E-state index in [0.29, 0.717) is 0 Å². The maximum atomic E-state index is 11.2. The number of hydrogen-bond donors (Lipinski definition) is 2. The summed E-state index contributed by atoms with van der Waals surface area (Å²) >= 11 is 0. The van der Waals surface area contributed by atoms with E-state index in [-0.39, 0.29) is 11.9 Å². The summed E-state index contributed by atoms with van der Waals surface area (Å²) in [4.78, 5) is 11.2. The van der Waals surface area contributed by atoms with Crippen LogP contribution in [0.2, 0.25) is 0 Å². The predicted octanol–water partition coefficient (Wildman–Crippen LogP) is 0.523. The molecule has 0 bridgehead atoms. The van der Waals surface area contributed by atoms with Gasteiger partial charge in [0.2, 0.25) is 0 Å². The number of H-pyrrole nitrogens is 1. The number of carbonyl (C=O) groups is 1. The summed E-state index contributed by atoms with van der Waals surface area (Å²) in [5, 5.41) is 9.59. The molecule has 0 fully saturated rings. The smallest absolute Gasteiger partial charge is 0.255 e. The van der Waals surface area contributed by atoms with Gasteiger partial charge < -0.3 is 5.32 Å². The molecule has 58 valence electrons. The van der Waals surface area contributed by atoms with Gasteiger partial charge in [-0.1, -0.05) is 0 Å². The van der Waals surface area contributed by atoms with Gasteiger partial charge >= 0.3 is 0 Å². The van der Waals surface area contributed by atoms with Crippen LogP contribution in [0.1, 0.15) is 34.7 Å². The number of carbonyl (C=O) groups excluding carboxylic acids is 1. The summed E-state index contributed by atoms with van der Waals surface area (Å²) in [7, 11) is 0. The number of aromatic nitrogens is 2. The van der Waals surface area contributed by atoms with Crippen molar-refractivity contribution in [3.63, 3.8) is 0 Å². The number of amides is 1. The number of nitrogens with zero attached hydrogens (tertiary/aromatic N) is 1. The van der Waals surface area contributed by atoms with E-state index in [1.165, 1.54) is 0 Å². The van der Waals surface area contributed by atoms with E-state index < -0.39 is 0 Å². The van der Waals surface area contributed by atoms with E-state index in [1.807, 2.05) is 13.8 Å². The summed E-state index contributed by atoms with van der Waals surface area (Å²) in [6, 6.07) is 0.0578. The fourth-order valence-electron chi connectivity index (χ4n) is 1.39. The molecule has 1 unspecified atom stereocenters. The Labute approximate surface area is 64.0 Å². The second-order valence-corrected chi connectivity index (χ2v) is 2.80. The molecule has 1 aromatic heterocycles. The Hall–Kier alpha value is -1.32. The third kappa shape index (κ3) is 0.691. The van der Waals surface area contributed by atoms with Crippen LogP contribution in [0.5, 0.6) is 0 Å². The maximum Gasteiger partial charge on any atom is 0.255 e. The van der Waals surface area contributed by atoms with Crippen molar-refractivity contribution in [3.05, 3.63) is 17.0 Å². The van der Waals surface area contributed by atoms with Crippen LogP contribution in [0, 0.1) is 6.92 Å². The molecule has 1 atom stereocenters. The Morgan fingerprint density at radius 3 is 2.91 bits per heavy atom. The number of aromatic amines is 1. The zero-order chi connectivity index (χ0) is 8.01. The molecule has 0 aliphatic carbocycles. The van der Waals surface area contributed by atoms with Crippen LogP contribution in [-0.2, 0) is 0 Å². The zero-order valence-electron chi connectivity index (χ0n) is 6.43. The topological polar surface area (TPSA) is 57.8 Å². The van der Waals surface area contributed by atoms with Gasteiger partial charge in [0.05, 0.1) is 17.3 Å². The van der Waals surface area contributed by atoms with Crippen LogP contribution in [0.3, 0.4) is 0 Å². The average Bonchev–Trinajstić information content (AvgIpc) is 2.41. The van der Waals surface area contributed by atoms with E-state index in [9.17, 15) is 4.79 Å². The molecule has 0 saturated carbocycles. The van der Waals surface area contributed by atoms with Crippen LogP contribution < -0.4 is 5.32 Å². The summed E-state index contributed by atoms with van der Waals surface area (Å²) in [6.45, 7) is 3.77. The van der Waals surface area contributed by atoms with Gasteiger partial charge in [-0.2, -0.15) is 5.10 Å². The van der Waals surface area contributed by atoms with Crippen LogP contribution in [0.25, 0.3) is 0 Å². The average molecular weight is 151 g/mol. The standard InChI is InChI=1S/C7H9N3O/c1-3-5-6(10-9-3)4(2)8-7(5)11/h4H,1-2H3,(H,8,11)(H,9,10). The highest BCUT2D eigenvalue weighted by Crippen LogP contribution is 2.24. The molecule has 2 N–H and O–H groups in total. The van der Waals surface area contributed by atoms with Gasteiger partial charge in [-0.05, 0) is 13.8 Å². The van der Waals surface area contributed by atoms with Crippen molar-refractivity contribution in [3.8, 4) is 0 Å². The molecular weight excluding hydrogens is 142 g/mol. The van der Waals surface area contributed by atoms with Gasteiger partial charge in [-0.3, -0.25) is 9.89 Å². The SMILES string of the molecule is Cc1[nH]nc2c1C(=O)NC2C. The lowest BCUT2D eigenvalue weighted by molar-refractivity contribution is 0.0957. The first-order valence-electron chi connectivity index (χ1n) is 3.56. The van der Waals surface area contributed by atoms with Crippen LogP contribution >= 0.6 is 0 Å². The second kappa shape index (κ2) is 1.84. The lowest BCUT2D eigenvalue weighted by Gasteiger charge is -1.98. The van der Waals surface area contributed by atoms with Crippen molar-refractivity contribution >= 4 is 5.91 Å². The third-order valence-electron chi connectivity index (χ3n) is 1.96. The number of hydrogen-bond acceptors (Lipinski definition) is 2. The maximum absolute atomic E-state index is 11.2. The van der Waals surface area contributed by atoms with Crippen molar-refractivity contribution in [1.29, 1.82) is 0 Å². The highest BCUT2D eigenvalue weighted by Gasteiger charge is 2.29. The number of fused-ring (bicyclic) bond motifs is 1. The molecule has 0 aromatic carbocycles. The molecule has 1 aliphatic heterocycles. The highest BCUT2D eigenvalue weighted by atomic mass is 16.2. The van der Waals surface area contributed by atoms with Crippen molar-refractivity contribution in [2.45, 2.75) is 19.9 Å². The van der Waals surface area contributed by atoms with Crippen LogP contribution in [-0.4, -0.2) is 16.1 Å². The van der Waals surface area contributed by atoms with Gasteiger partial charge in [-0.15, -0.1) is 0 Å². The number of nitrogens with one attached hydrogen (secondary N) is 2. The molecule has 0 radical (unpaired) electrons. The van der Waals surface area contributed by atoms with Gasteiger partial charge in [-0.25, -0.2) is 0 Å². The molecule has 2 heterocycles. The van der Waals surface area contributed by atoms with Crippen molar-refractivity contribution in [1.82, 2.24) is 15.5 Å². The van der Waals surface area contributed by atoms with Crippen LogP contribution in [0.15, 0.2) is 0 Å². The molecule has 1 aliphatic rings. The summed E-state index contributed by atoms with van der Waals surface area (Å²) in [6.07, 6.45) is 0. The largest absolute Gasteiger partial charge is 0.344 e. The first kappa shape index (κ1) is 6.39. The molecule has 1 aromatic rings. The van der Waals surface area contributed by atoms with E-state index in [2.05, 4.69) is 15.5 Å². The van der Waals surface area contributed by atoms with Crippen LogP contribution in [0.4, 0.5) is 0 Å². The minimum atomic E-state index is -0.0150. The Bertz CT molecular complexity index is 315. The van der Waals surface area contributed by atoms with Crippen molar-refractivity contribution < 1.29 is 4.79 Å². The van der Waals surface area contributed by atoms with E-state index in [4.69, 9.17) is 0 Å². The monoisotopic (exact) mass is 151 g/mol. The predicted molar refractivity (Wildman–Crippen MR) is 39.2 cm³/mol. The summed E-state index contributed by atoms with van der Waals surface area (Å²) in [5.41, 5.74) is 2.41. The first-order valence-corrected chi connectivity index (χ1v) is 3.56. The highest BCUT2D eigenvalue weighted by molar-refractivity contribution is 5.99. The fourth-order valence-corrected chi connectivity index (χ4v) is 1.39. The molecule has 0 spiro atoms. The molecule has 4 nitrogen and oxygen atoms in total. The third-order valence-corrected chi connectivity index (χ3v) is 1.96. The van der Waals surface area contributed by atoms with E-state index in [0.717, 1.165) is 17.0 Å². The minimum Gasteiger partial charge on any atom is -0.344 e. The molecule has 4 heteroatoms. The molecule has 2 rings (SSSR count). The first-order chi connectivity index (χ1) is 5.20. The minimum absolute atomic E-state index is 0.0150. The Morgan fingerprint density at radius 1 is 1.55 bits per heavy atom. The Kier molecular flexibility index (Phi) is 1.07. The van der Waals surface area contributed by atoms with Crippen molar-refractivity contribution in [2.75, 3.05) is 0 Å². The lowest BCUT2D eigenvalue weighted by atomic mass is 10.2. The molecule has 0 saturated heterocycles. The molecule has 11 heavy (non-hydrogen) atoms. The fraction of sp³-hybridized carbons (Fsp3) is 0.429. The van der Waals surface area contributed by atoms with Gasteiger partial charge in [0, 0.05) is 5.69 Å². The molecule has 1 amide bonds. The lowest BCUT2D eigenvalue weighted by Crippen LogP contribution is -2.17. The number of aryl methyl sites for hydroxylation is 1.